The lowest BCUT2D eigenvalue weighted by Crippen LogP contribution is -2.41. The first kappa shape index (κ1) is 25.2. The molecule has 36 heavy (non-hydrogen) atoms. The molecule has 1 aliphatic carbocycles. The molecule has 194 valence electrons. The standard InChI is InChI=1S/C28H39FN6S/c29-23-12-10-22(11-13-23)28(14-4-5-15-28)21-30-27(36)33-26-31-24(34-16-6-1-2-7-17-34)20-25(32-26)35-18-8-3-9-19-35/h10-13,20H,1-9,14-19,21H2,(H2,30,31,32,33,36). The largest absolute Gasteiger partial charge is 0.361 e. The van der Waals surface area contributed by atoms with Crippen molar-refractivity contribution in [1.29, 1.82) is 0 Å². The van der Waals surface area contributed by atoms with Crippen LogP contribution in [0.5, 0.6) is 0 Å². The van der Waals surface area contributed by atoms with Gasteiger partial charge in [-0.15, -0.1) is 0 Å². The Morgan fingerprint density at radius 1 is 0.806 bits per heavy atom. The summed E-state index contributed by atoms with van der Waals surface area (Å²) in [5.41, 5.74) is 1.16. The molecule has 5 rings (SSSR count). The van der Waals surface area contributed by atoms with Crippen LogP contribution in [0.4, 0.5) is 22.0 Å². The van der Waals surface area contributed by atoms with E-state index < -0.39 is 0 Å². The Morgan fingerprint density at radius 2 is 1.33 bits per heavy atom. The number of aromatic nitrogens is 2. The van der Waals surface area contributed by atoms with Gasteiger partial charge in [-0.3, -0.25) is 0 Å². The zero-order chi connectivity index (χ0) is 24.8. The maximum Gasteiger partial charge on any atom is 0.232 e. The van der Waals surface area contributed by atoms with Gasteiger partial charge in [0, 0.05) is 44.2 Å². The van der Waals surface area contributed by atoms with Crippen LogP contribution < -0.4 is 20.4 Å². The Balaban J connectivity index is 1.31. The monoisotopic (exact) mass is 510 g/mol. The first-order chi connectivity index (χ1) is 17.6. The van der Waals surface area contributed by atoms with Crippen LogP contribution in [0.2, 0.25) is 0 Å². The average Bonchev–Trinajstić information content (AvgIpc) is 3.22. The molecule has 1 aromatic carbocycles. The molecule has 1 saturated carbocycles. The normalized spacial score (nSPS) is 20.1. The summed E-state index contributed by atoms with van der Waals surface area (Å²) >= 11 is 5.72. The molecule has 8 heteroatoms. The van der Waals surface area contributed by atoms with E-state index >= 15 is 0 Å². The summed E-state index contributed by atoms with van der Waals surface area (Å²) < 4.78 is 13.5. The number of hydrogen-bond acceptors (Lipinski definition) is 5. The fraction of sp³-hybridized carbons (Fsp3) is 0.607. The lowest BCUT2D eigenvalue weighted by Gasteiger charge is -2.31. The van der Waals surface area contributed by atoms with E-state index in [0.717, 1.165) is 57.2 Å². The number of hydrogen-bond donors (Lipinski definition) is 2. The Bertz CT molecular complexity index is 1010. The molecule has 3 heterocycles. The van der Waals surface area contributed by atoms with Gasteiger partial charge in [0.15, 0.2) is 5.11 Å². The Morgan fingerprint density at radius 3 is 1.89 bits per heavy atom. The molecule has 6 nitrogen and oxygen atoms in total. The summed E-state index contributed by atoms with van der Waals surface area (Å²) in [6.07, 6.45) is 13.2. The molecule has 2 aliphatic heterocycles. The molecular weight excluding hydrogens is 471 g/mol. The summed E-state index contributed by atoms with van der Waals surface area (Å²) in [5.74, 6) is 2.37. The van der Waals surface area contributed by atoms with Crippen molar-refractivity contribution in [2.24, 2.45) is 0 Å². The number of anilines is 3. The van der Waals surface area contributed by atoms with Crippen LogP contribution in [0.25, 0.3) is 0 Å². The van der Waals surface area contributed by atoms with Crippen molar-refractivity contribution in [3.63, 3.8) is 0 Å². The van der Waals surface area contributed by atoms with Crippen molar-refractivity contribution in [1.82, 2.24) is 15.3 Å². The van der Waals surface area contributed by atoms with E-state index in [9.17, 15) is 4.39 Å². The fourth-order valence-corrected chi connectivity index (χ4v) is 6.21. The van der Waals surface area contributed by atoms with Crippen molar-refractivity contribution in [3.8, 4) is 0 Å². The summed E-state index contributed by atoms with van der Waals surface area (Å²) in [6, 6.07) is 9.15. The third-order valence-corrected chi connectivity index (χ3v) is 8.39. The minimum absolute atomic E-state index is 0.0207. The highest BCUT2D eigenvalue weighted by Crippen LogP contribution is 2.40. The number of halogens is 1. The first-order valence-corrected chi connectivity index (χ1v) is 14.2. The smallest absolute Gasteiger partial charge is 0.232 e. The van der Waals surface area contributed by atoms with E-state index in [1.54, 1.807) is 12.1 Å². The molecule has 1 aromatic heterocycles. The van der Waals surface area contributed by atoms with Gasteiger partial charge in [0.2, 0.25) is 5.95 Å². The van der Waals surface area contributed by atoms with E-state index in [1.165, 1.54) is 63.4 Å². The summed E-state index contributed by atoms with van der Waals surface area (Å²) in [7, 11) is 0. The predicted molar refractivity (Wildman–Crippen MR) is 150 cm³/mol. The predicted octanol–water partition coefficient (Wildman–Crippen LogP) is 5.78. The van der Waals surface area contributed by atoms with E-state index in [4.69, 9.17) is 22.2 Å². The minimum atomic E-state index is -0.192. The van der Waals surface area contributed by atoms with Gasteiger partial charge in [0.1, 0.15) is 17.5 Å². The zero-order valence-electron chi connectivity index (χ0n) is 21.3. The summed E-state index contributed by atoms with van der Waals surface area (Å²) in [6.45, 7) is 4.88. The number of benzene rings is 1. The molecule has 0 radical (unpaired) electrons. The molecule has 3 aliphatic rings. The van der Waals surface area contributed by atoms with Gasteiger partial charge in [-0.1, -0.05) is 37.8 Å². The van der Waals surface area contributed by atoms with E-state index in [2.05, 4.69) is 26.5 Å². The van der Waals surface area contributed by atoms with Gasteiger partial charge in [-0.05, 0) is 74.9 Å². The number of thiocarbonyl (C=S) groups is 1. The van der Waals surface area contributed by atoms with Crippen LogP contribution in [0.1, 0.15) is 76.2 Å². The lowest BCUT2D eigenvalue weighted by atomic mass is 9.79. The zero-order valence-corrected chi connectivity index (χ0v) is 22.1. The van der Waals surface area contributed by atoms with Gasteiger partial charge in [0.25, 0.3) is 0 Å². The van der Waals surface area contributed by atoms with Gasteiger partial charge in [-0.25, -0.2) is 4.39 Å². The first-order valence-electron chi connectivity index (χ1n) is 13.8. The quantitative estimate of drug-likeness (QED) is 0.478. The molecule has 0 unspecified atom stereocenters. The molecule has 0 bridgehead atoms. The van der Waals surface area contributed by atoms with Crippen molar-refractivity contribution in [3.05, 3.63) is 41.7 Å². The molecule has 2 N–H and O–H groups in total. The number of nitrogens with zero attached hydrogens (tertiary/aromatic N) is 4. The SMILES string of the molecule is Fc1ccc(C2(CNC(=S)Nc3nc(N4CCCCCC4)cc(N4CCCCC4)n3)CCCC2)cc1. The lowest BCUT2D eigenvalue weighted by molar-refractivity contribution is 0.434. The van der Waals surface area contributed by atoms with Crippen molar-refractivity contribution >= 4 is 34.9 Å². The number of nitrogens with one attached hydrogen (secondary N) is 2. The van der Waals surface area contributed by atoms with Crippen LogP contribution >= 0.6 is 12.2 Å². The molecule has 0 atom stereocenters. The van der Waals surface area contributed by atoms with Crippen LogP contribution in [-0.4, -0.2) is 47.8 Å². The number of rotatable bonds is 6. The summed E-state index contributed by atoms with van der Waals surface area (Å²) in [5, 5.41) is 7.30. The second-order valence-corrected chi connectivity index (χ2v) is 11.1. The fourth-order valence-electron chi connectivity index (χ4n) is 6.04. The average molecular weight is 511 g/mol. The molecule has 0 amide bonds. The molecule has 3 fully saturated rings. The van der Waals surface area contributed by atoms with Crippen molar-refractivity contribution in [2.75, 3.05) is 47.8 Å². The van der Waals surface area contributed by atoms with Gasteiger partial charge in [0.05, 0.1) is 0 Å². The van der Waals surface area contributed by atoms with E-state index in [1.807, 2.05) is 12.1 Å². The summed E-state index contributed by atoms with van der Waals surface area (Å²) in [4.78, 5) is 14.6. The Hall–Kier alpha value is -2.48. The Kier molecular flexibility index (Phi) is 8.19. The van der Waals surface area contributed by atoms with Crippen LogP contribution in [0, 0.1) is 5.82 Å². The van der Waals surface area contributed by atoms with Gasteiger partial charge < -0.3 is 20.4 Å². The maximum atomic E-state index is 13.5. The highest BCUT2D eigenvalue weighted by molar-refractivity contribution is 7.80. The van der Waals surface area contributed by atoms with Crippen LogP contribution in [0.3, 0.4) is 0 Å². The van der Waals surface area contributed by atoms with Crippen molar-refractivity contribution < 1.29 is 4.39 Å². The van der Waals surface area contributed by atoms with Gasteiger partial charge in [-0.2, -0.15) is 9.97 Å². The van der Waals surface area contributed by atoms with Crippen LogP contribution in [-0.2, 0) is 5.41 Å². The van der Waals surface area contributed by atoms with Gasteiger partial charge >= 0.3 is 0 Å². The minimum Gasteiger partial charge on any atom is -0.361 e. The molecular formula is C28H39FN6S. The molecule has 0 spiro atoms. The van der Waals surface area contributed by atoms with E-state index in [0.29, 0.717) is 11.1 Å². The second kappa shape index (κ2) is 11.7. The molecule has 2 saturated heterocycles. The highest BCUT2D eigenvalue weighted by atomic mass is 32.1. The third kappa shape index (κ3) is 6.07. The third-order valence-electron chi connectivity index (χ3n) is 8.14. The highest BCUT2D eigenvalue weighted by Gasteiger charge is 2.35. The maximum absolute atomic E-state index is 13.5. The topological polar surface area (TPSA) is 56.3 Å². The van der Waals surface area contributed by atoms with Crippen molar-refractivity contribution in [2.45, 2.75) is 76.0 Å². The number of piperidine rings is 1. The van der Waals surface area contributed by atoms with Crippen LogP contribution in [0.15, 0.2) is 30.3 Å². The second-order valence-electron chi connectivity index (χ2n) is 10.7. The Labute approximate surface area is 220 Å². The van der Waals surface area contributed by atoms with E-state index in [-0.39, 0.29) is 11.2 Å². The molecule has 2 aromatic rings.